The predicted octanol–water partition coefficient (Wildman–Crippen LogP) is 1.30. The number of hydrogen-bond donors (Lipinski definition) is 1. The molecule has 86 valence electrons. The van der Waals surface area contributed by atoms with Crippen LogP contribution in [0.25, 0.3) is 0 Å². The van der Waals surface area contributed by atoms with E-state index < -0.39 is 0 Å². The van der Waals surface area contributed by atoms with Crippen molar-refractivity contribution in [3.8, 4) is 0 Å². The summed E-state index contributed by atoms with van der Waals surface area (Å²) < 4.78 is 0. The van der Waals surface area contributed by atoms with Crippen molar-refractivity contribution in [2.45, 2.75) is 26.3 Å². The zero-order valence-corrected chi connectivity index (χ0v) is 10.2. The van der Waals surface area contributed by atoms with E-state index >= 15 is 0 Å². The molecule has 16 heavy (non-hydrogen) atoms. The van der Waals surface area contributed by atoms with Gasteiger partial charge in [0, 0.05) is 0 Å². The number of guanidine groups is 1. The van der Waals surface area contributed by atoms with E-state index in [2.05, 4.69) is 33.8 Å². The highest BCUT2D eigenvalue weighted by molar-refractivity contribution is 8.14. The zero-order chi connectivity index (χ0) is 11.5. The molecule has 0 aromatic heterocycles. The maximum absolute atomic E-state index is 5.63. The summed E-state index contributed by atoms with van der Waals surface area (Å²) in [6, 6.07) is -0.107. The molecule has 0 saturated heterocycles. The molecule has 2 aliphatic rings. The Labute approximate surface area is 99.1 Å². The molecule has 6 heteroatoms. The third-order valence-electron chi connectivity index (χ3n) is 2.28. The van der Waals surface area contributed by atoms with Crippen molar-refractivity contribution in [2.75, 3.05) is 5.75 Å². The van der Waals surface area contributed by atoms with E-state index in [0.717, 1.165) is 17.2 Å². The van der Waals surface area contributed by atoms with Crippen molar-refractivity contribution in [2.24, 2.45) is 31.6 Å². The molecule has 0 saturated carbocycles. The van der Waals surface area contributed by atoms with Crippen LogP contribution < -0.4 is 5.73 Å². The molecule has 2 aliphatic heterocycles. The largest absolute Gasteiger partial charge is 0.368 e. The first kappa shape index (κ1) is 11.3. The van der Waals surface area contributed by atoms with E-state index in [4.69, 9.17) is 5.73 Å². The molecule has 0 fully saturated rings. The lowest BCUT2D eigenvalue weighted by Gasteiger charge is -2.15. The second-order valence-electron chi connectivity index (χ2n) is 4.11. The average molecular weight is 237 g/mol. The molecular weight excluding hydrogens is 222 g/mol. The lowest BCUT2D eigenvalue weighted by atomic mass is 10.2. The number of amidine groups is 1. The topological polar surface area (TPSA) is 75.5 Å². The Bertz CT molecular complexity index is 394. The minimum Gasteiger partial charge on any atom is -0.368 e. The Morgan fingerprint density at radius 1 is 1.44 bits per heavy atom. The first-order chi connectivity index (χ1) is 7.66. The van der Waals surface area contributed by atoms with Gasteiger partial charge in [0.2, 0.25) is 5.96 Å². The molecule has 1 unspecified atom stereocenters. The molecule has 0 amide bonds. The van der Waals surface area contributed by atoms with Gasteiger partial charge in [0.1, 0.15) is 11.4 Å². The van der Waals surface area contributed by atoms with Gasteiger partial charge in [-0.05, 0) is 18.1 Å². The molecule has 0 bridgehead atoms. The van der Waals surface area contributed by atoms with Crippen LogP contribution in [0.3, 0.4) is 0 Å². The smallest absolute Gasteiger partial charge is 0.222 e. The Kier molecular flexibility index (Phi) is 3.38. The van der Waals surface area contributed by atoms with Gasteiger partial charge in [-0.1, -0.05) is 13.8 Å². The summed E-state index contributed by atoms with van der Waals surface area (Å²) in [4.78, 5) is 16.6. The van der Waals surface area contributed by atoms with Gasteiger partial charge in [0.05, 0.1) is 0 Å². The van der Waals surface area contributed by atoms with E-state index in [0.29, 0.717) is 11.8 Å². The number of aliphatic imine (C=N–C) groups is 4. The molecule has 0 aliphatic carbocycles. The molecule has 1 atom stereocenters. The van der Waals surface area contributed by atoms with Crippen molar-refractivity contribution in [1.29, 1.82) is 0 Å². The SMILES string of the molecule is CC(C)CCSC1=NC(N)=NC2=NC=NC21. The number of nitrogens with zero attached hydrogens (tertiary/aromatic N) is 4. The third kappa shape index (κ3) is 2.49. The first-order valence-corrected chi connectivity index (χ1v) is 6.30. The highest BCUT2D eigenvalue weighted by Gasteiger charge is 2.28. The van der Waals surface area contributed by atoms with Crippen LogP contribution in [0.15, 0.2) is 20.0 Å². The molecule has 2 rings (SSSR count). The van der Waals surface area contributed by atoms with Crippen LogP contribution in [0.4, 0.5) is 0 Å². The van der Waals surface area contributed by atoms with E-state index in [1.54, 1.807) is 11.8 Å². The Balaban J connectivity index is 2.00. The fourth-order valence-electron chi connectivity index (χ4n) is 1.39. The number of fused-ring (bicyclic) bond motifs is 1. The van der Waals surface area contributed by atoms with Gasteiger partial charge in [-0.25, -0.2) is 9.98 Å². The average Bonchev–Trinajstić information content (AvgIpc) is 2.64. The number of hydrogen-bond acceptors (Lipinski definition) is 6. The molecule has 0 aromatic rings. The summed E-state index contributed by atoms with van der Waals surface area (Å²) in [5.41, 5.74) is 5.63. The van der Waals surface area contributed by atoms with E-state index in [9.17, 15) is 0 Å². The Morgan fingerprint density at radius 2 is 2.25 bits per heavy atom. The highest BCUT2D eigenvalue weighted by Crippen LogP contribution is 2.20. The molecule has 0 radical (unpaired) electrons. The molecule has 2 heterocycles. The van der Waals surface area contributed by atoms with Crippen LogP contribution in [-0.2, 0) is 0 Å². The van der Waals surface area contributed by atoms with Crippen molar-refractivity contribution < 1.29 is 0 Å². The number of nitrogens with two attached hydrogens (primary N) is 1. The minimum atomic E-state index is -0.107. The summed E-state index contributed by atoms with van der Waals surface area (Å²) in [6.07, 6.45) is 2.68. The second-order valence-corrected chi connectivity index (χ2v) is 5.22. The van der Waals surface area contributed by atoms with E-state index in [1.807, 2.05) is 0 Å². The van der Waals surface area contributed by atoms with Crippen molar-refractivity contribution in [1.82, 2.24) is 0 Å². The summed E-state index contributed by atoms with van der Waals surface area (Å²) >= 11 is 1.70. The van der Waals surface area contributed by atoms with Gasteiger partial charge < -0.3 is 5.73 Å². The van der Waals surface area contributed by atoms with Crippen LogP contribution in [0.1, 0.15) is 20.3 Å². The summed E-state index contributed by atoms with van der Waals surface area (Å²) in [5, 5.41) is 0.917. The lowest BCUT2D eigenvalue weighted by molar-refractivity contribution is 0.632. The van der Waals surface area contributed by atoms with Crippen molar-refractivity contribution in [3.05, 3.63) is 0 Å². The normalized spacial score (nSPS) is 22.9. The van der Waals surface area contributed by atoms with Gasteiger partial charge in [0.15, 0.2) is 11.9 Å². The monoisotopic (exact) mass is 237 g/mol. The van der Waals surface area contributed by atoms with E-state index in [1.165, 1.54) is 6.34 Å². The molecular formula is C10H15N5S. The van der Waals surface area contributed by atoms with Crippen LogP contribution in [-0.4, -0.2) is 35.0 Å². The second kappa shape index (κ2) is 4.78. The first-order valence-electron chi connectivity index (χ1n) is 5.31. The molecule has 0 aromatic carbocycles. The Hall–Kier alpha value is -1.17. The number of thioether (sulfide) groups is 1. The number of rotatable bonds is 3. The van der Waals surface area contributed by atoms with Gasteiger partial charge in [0.25, 0.3) is 0 Å². The van der Waals surface area contributed by atoms with Crippen LogP contribution in [0, 0.1) is 5.92 Å². The van der Waals surface area contributed by atoms with Gasteiger partial charge in [-0.15, -0.1) is 11.8 Å². The zero-order valence-electron chi connectivity index (χ0n) is 9.42. The van der Waals surface area contributed by atoms with Crippen LogP contribution in [0.5, 0.6) is 0 Å². The maximum Gasteiger partial charge on any atom is 0.222 e. The van der Waals surface area contributed by atoms with E-state index in [-0.39, 0.29) is 12.0 Å². The van der Waals surface area contributed by atoms with Gasteiger partial charge in [-0.3, -0.25) is 4.99 Å². The van der Waals surface area contributed by atoms with Crippen molar-refractivity contribution >= 4 is 34.9 Å². The standard InChI is InChI=1S/C10H15N5S/c1-6(2)3-4-16-9-7-8(13-5-12-7)14-10(11)15-9/h5-7H,3-4H2,1-2H3,(H2,11,12,13,14). The summed E-state index contributed by atoms with van der Waals surface area (Å²) in [6.45, 7) is 4.42. The summed E-state index contributed by atoms with van der Waals surface area (Å²) in [7, 11) is 0. The Morgan fingerprint density at radius 3 is 3.00 bits per heavy atom. The summed E-state index contributed by atoms with van der Waals surface area (Å²) in [5.74, 6) is 2.68. The molecule has 5 nitrogen and oxygen atoms in total. The highest BCUT2D eigenvalue weighted by atomic mass is 32.2. The predicted molar refractivity (Wildman–Crippen MR) is 70.7 cm³/mol. The van der Waals surface area contributed by atoms with Crippen LogP contribution >= 0.6 is 11.8 Å². The van der Waals surface area contributed by atoms with Crippen LogP contribution in [0.2, 0.25) is 0 Å². The fraction of sp³-hybridized carbons (Fsp3) is 0.600. The minimum absolute atomic E-state index is 0.107. The molecule has 2 N–H and O–H groups in total. The third-order valence-corrected chi connectivity index (χ3v) is 3.33. The lowest BCUT2D eigenvalue weighted by Crippen LogP contribution is -2.31. The van der Waals surface area contributed by atoms with Gasteiger partial charge in [-0.2, -0.15) is 4.99 Å². The maximum atomic E-state index is 5.63. The van der Waals surface area contributed by atoms with Gasteiger partial charge >= 0.3 is 0 Å². The van der Waals surface area contributed by atoms with Crippen molar-refractivity contribution in [3.63, 3.8) is 0 Å². The quantitative estimate of drug-likeness (QED) is 0.803. The fourth-order valence-corrected chi connectivity index (χ4v) is 2.67. The molecule has 0 spiro atoms.